The van der Waals surface area contributed by atoms with Crippen molar-refractivity contribution in [3.05, 3.63) is 84.4 Å². The van der Waals surface area contributed by atoms with Gasteiger partial charge in [0.1, 0.15) is 0 Å². The first kappa shape index (κ1) is 17.5. The molecule has 0 aliphatic carbocycles. The molecule has 2 atom stereocenters. The third-order valence-corrected chi connectivity index (χ3v) is 4.42. The van der Waals surface area contributed by atoms with E-state index in [2.05, 4.69) is 66.9 Å². The predicted molar refractivity (Wildman–Crippen MR) is 97.0 cm³/mol. The summed E-state index contributed by atoms with van der Waals surface area (Å²) in [6.45, 7) is 8.18. The minimum absolute atomic E-state index is 0.200. The molecule has 0 aromatic heterocycles. The third kappa shape index (κ3) is 5.34. The lowest BCUT2D eigenvalue weighted by Gasteiger charge is -2.33. The van der Waals surface area contributed by atoms with Gasteiger partial charge in [-0.2, -0.15) is 0 Å². The zero-order valence-electron chi connectivity index (χ0n) is 13.9. The Balaban J connectivity index is 2.17. The Kier molecular flexibility index (Phi) is 7.05. The summed E-state index contributed by atoms with van der Waals surface area (Å²) in [6, 6.07) is 21.4. The predicted octanol–water partition coefficient (Wildman–Crippen LogP) is 4.26. The molecule has 0 aliphatic rings. The van der Waals surface area contributed by atoms with Crippen LogP contribution in [0.4, 0.5) is 0 Å². The molecule has 0 spiro atoms. The summed E-state index contributed by atoms with van der Waals surface area (Å²) in [5.74, 6) is 0.285. The number of hydrogen-bond donors (Lipinski definition) is 1. The normalized spacial score (nSPS) is 13.7. The number of nitrogens with zero attached hydrogens (tertiary/aromatic N) is 1. The highest BCUT2D eigenvalue weighted by molar-refractivity contribution is 5.17. The van der Waals surface area contributed by atoms with Crippen LogP contribution in [0.5, 0.6) is 0 Å². The highest BCUT2D eigenvalue weighted by Crippen LogP contribution is 2.21. The average molecular weight is 309 g/mol. The maximum atomic E-state index is 9.31. The molecule has 1 N–H and O–H groups in total. The van der Waals surface area contributed by atoms with E-state index in [1.165, 1.54) is 11.1 Å². The molecule has 2 rings (SSSR count). The van der Waals surface area contributed by atoms with Crippen LogP contribution >= 0.6 is 0 Å². The Morgan fingerprint density at radius 2 is 1.43 bits per heavy atom. The fourth-order valence-electron chi connectivity index (χ4n) is 2.96. The van der Waals surface area contributed by atoms with Crippen LogP contribution in [0.15, 0.2) is 73.3 Å². The summed E-state index contributed by atoms with van der Waals surface area (Å²) >= 11 is 0. The van der Waals surface area contributed by atoms with Crippen LogP contribution in [0.25, 0.3) is 0 Å². The van der Waals surface area contributed by atoms with Crippen LogP contribution in [-0.4, -0.2) is 22.7 Å². The van der Waals surface area contributed by atoms with E-state index >= 15 is 0 Å². The van der Waals surface area contributed by atoms with Crippen LogP contribution in [0, 0.1) is 5.92 Å². The Bertz CT molecular complexity index is 525. The summed E-state index contributed by atoms with van der Waals surface area (Å²) < 4.78 is 0. The molecule has 2 aromatic rings. The molecule has 0 heterocycles. The Labute approximate surface area is 140 Å². The van der Waals surface area contributed by atoms with Crippen LogP contribution in [0.3, 0.4) is 0 Å². The highest BCUT2D eigenvalue weighted by atomic mass is 16.3. The highest BCUT2D eigenvalue weighted by Gasteiger charge is 2.21. The summed E-state index contributed by atoms with van der Waals surface area (Å²) in [5, 5.41) is 9.31. The van der Waals surface area contributed by atoms with Crippen molar-refractivity contribution >= 4 is 0 Å². The first-order valence-corrected chi connectivity index (χ1v) is 8.30. The van der Waals surface area contributed by atoms with Gasteiger partial charge in [0.05, 0.1) is 0 Å². The fraction of sp³-hybridized carbons (Fsp3) is 0.333. The van der Waals surface area contributed by atoms with Gasteiger partial charge in [-0.25, -0.2) is 0 Å². The number of benzene rings is 2. The smallest absolute Gasteiger partial charge is 0.0437 e. The monoisotopic (exact) mass is 309 g/mol. The van der Waals surface area contributed by atoms with Gasteiger partial charge >= 0.3 is 0 Å². The van der Waals surface area contributed by atoms with E-state index in [1.807, 2.05) is 18.2 Å². The van der Waals surface area contributed by atoms with Crippen LogP contribution in [0.1, 0.15) is 24.5 Å². The summed E-state index contributed by atoms with van der Waals surface area (Å²) in [5.41, 5.74) is 2.61. The van der Waals surface area contributed by atoms with Crippen molar-refractivity contribution in [2.75, 3.05) is 6.61 Å². The standard InChI is InChI=1S/C21H27NO/c1-3-21(14-15-23)18(2)22(16-19-10-6-4-7-11-19)17-20-12-8-5-9-13-20/h3-13,18,21,23H,1,14-17H2,2H3/t18-,21-/m0/s1. The maximum absolute atomic E-state index is 9.31. The van der Waals surface area contributed by atoms with Crippen molar-refractivity contribution < 1.29 is 5.11 Å². The lowest BCUT2D eigenvalue weighted by Crippen LogP contribution is -2.37. The van der Waals surface area contributed by atoms with Gasteiger partial charge in [-0.05, 0) is 30.4 Å². The van der Waals surface area contributed by atoms with Gasteiger partial charge in [-0.1, -0.05) is 66.7 Å². The Morgan fingerprint density at radius 1 is 0.957 bits per heavy atom. The van der Waals surface area contributed by atoms with Crippen LogP contribution in [-0.2, 0) is 13.1 Å². The Morgan fingerprint density at radius 3 is 1.83 bits per heavy atom. The summed E-state index contributed by atoms with van der Waals surface area (Å²) in [7, 11) is 0. The molecule has 2 heteroatoms. The van der Waals surface area contributed by atoms with Crippen molar-refractivity contribution in [1.29, 1.82) is 0 Å². The van der Waals surface area contributed by atoms with Crippen molar-refractivity contribution in [2.24, 2.45) is 5.92 Å². The zero-order valence-corrected chi connectivity index (χ0v) is 13.9. The largest absolute Gasteiger partial charge is 0.396 e. The van der Waals surface area contributed by atoms with Gasteiger partial charge in [0.25, 0.3) is 0 Å². The van der Waals surface area contributed by atoms with Crippen molar-refractivity contribution in [1.82, 2.24) is 4.90 Å². The second-order valence-corrected chi connectivity index (χ2v) is 6.03. The minimum atomic E-state index is 0.200. The van der Waals surface area contributed by atoms with E-state index in [0.717, 1.165) is 19.5 Å². The number of hydrogen-bond acceptors (Lipinski definition) is 2. The molecule has 2 aromatic carbocycles. The first-order chi connectivity index (χ1) is 11.2. The van der Waals surface area contributed by atoms with Crippen molar-refractivity contribution in [3.63, 3.8) is 0 Å². The van der Waals surface area contributed by atoms with Gasteiger partial charge in [0.2, 0.25) is 0 Å². The van der Waals surface area contributed by atoms with E-state index in [0.29, 0.717) is 6.04 Å². The minimum Gasteiger partial charge on any atom is -0.396 e. The molecule has 0 amide bonds. The molecule has 0 saturated carbocycles. The molecular weight excluding hydrogens is 282 g/mol. The van der Waals surface area contributed by atoms with E-state index in [-0.39, 0.29) is 12.5 Å². The maximum Gasteiger partial charge on any atom is 0.0437 e. The molecule has 0 radical (unpaired) electrons. The summed E-state index contributed by atoms with van der Waals surface area (Å²) in [6.07, 6.45) is 2.73. The Hall–Kier alpha value is -1.90. The molecule has 0 aliphatic heterocycles. The van der Waals surface area contributed by atoms with Gasteiger partial charge < -0.3 is 5.11 Å². The lowest BCUT2D eigenvalue weighted by atomic mass is 9.95. The van der Waals surface area contributed by atoms with Gasteiger partial charge in [0.15, 0.2) is 0 Å². The van der Waals surface area contributed by atoms with Crippen molar-refractivity contribution in [2.45, 2.75) is 32.5 Å². The van der Waals surface area contributed by atoms with E-state index < -0.39 is 0 Å². The molecule has 0 fully saturated rings. The van der Waals surface area contributed by atoms with Gasteiger partial charge in [-0.3, -0.25) is 4.90 Å². The van der Waals surface area contributed by atoms with Crippen LogP contribution in [0.2, 0.25) is 0 Å². The number of aliphatic hydroxyl groups is 1. The average Bonchev–Trinajstić information content (AvgIpc) is 2.60. The third-order valence-electron chi connectivity index (χ3n) is 4.42. The zero-order chi connectivity index (χ0) is 16.5. The number of rotatable bonds is 9. The quantitative estimate of drug-likeness (QED) is 0.700. The summed E-state index contributed by atoms with van der Waals surface area (Å²) in [4.78, 5) is 2.46. The van der Waals surface area contributed by atoms with Gasteiger partial charge in [-0.15, -0.1) is 6.58 Å². The molecular formula is C21H27NO. The molecule has 0 bridgehead atoms. The van der Waals surface area contributed by atoms with Crippen LogP contribution < -0.4 is 0 Å². The molecule has 0 saturated heterocycles. The first-order valence-electron chi connectivity index (χ1n) is 8.30. The lowest BCUT2D eigenvalue weighted by molar-refractivity contribution is 0.138. The molecule has 122 valence electrons. The van der Waals surface area contributed by atoms with E-state index in [4.69, 9.17) is 0 Å². The second kappa shape index (κ2) is 9.29. The topological polar surface area (TPSA) is 23.5 Å². The van der Waals surface area contributed by atoms with Gasteiger partial charge in [0, 0.05) is 25.7 Å². The second-order valence-electron chi connectivity index (χ2n) is 6.03. The molecule has 0 unspecified atom stereocenters. The number of aliphatic hydroxyl groups excluding tert-OH is 1. The molecule has 2 nitrogen and oxygen atoms in total. The van der Waals surface area contributed by atoms with E-state index in [9.17, 15) is 5.11 Å². The fourth-order valence-corrected chi connectivity index (χ4v) is 2.96. The molecule has 23 heavy (non-hydrogen) atoms. The van der Waals surface area contributed by atoms with Crippen molar-refractivity contribution in [3.8, 4) is 0 Å². The van der Waals surface area contributed by atoms with E-state index in [1.54, 1.807) is 0 Å². The SMILES string of the molecule is C=C[C@@H](CCO)[C@H](C)N(Cc1ccccc1)Cc1ccccc1.